The second-order valence-corrected chi connectivity index (χ2v) is 4.90. The van der Waals surface area contributed by atoms with Crippen molar-refractivity contribution in [2.75, 3.05) is 0 Å². The number of amides is 1. The van der Waals surface area contributed by atoms with E-state index >= 15 is 0 Å². The van der Waals surface area contributed by atoms with Crippen LogP contribution in [0.1, 0.15) is 26.3 Å². The molecule has 0 saturated carbocycles. The summed E-state index contributed by atoms with van der Waals surface area (Å²) in [4.78, 5) is 34.6. The van der Waals surface area contributed by atoms with Crippen LogP contribution in [-0.4, -0.2) is 34.1 Å². The average Bonchev–Trinajstić information content (AvgIpc) is 2.55. The Morgan fingerprint density at radius 2 is 1.52 bits per heavy atom. The monoisotopic (exact) mass is 313 g/mol. The fourth-order valence-corrected chi connectivity index (χ4v) is 2.16. The molecule has 6 heteroatoms. The SMILES string of the molecule is O=C(N[C@@H](Cc1ccccc1C(=O)O)C(=O)O)c1ccccc1. The van der Waals surface area contributed by atoms with Crippen molar-refractivity contribution in [3.63, 3.8) is 0 Å². The van der Waals surface area contributed by atoms with Crippen LogP contribution in [0.25, 0.3) is 0 Å². The summed E-state index contributed by atoms with van der Waals surface area (Å²) in [5, 5.41) is 20.9. The van der Waals surface area contributed by atoms with Crippen molar-refractivity contribution in [1.29, 1.82) is 0 Å². The summed E-state index contributed by atoms with van der Waals surface area (Å²) in [6, 6.07) is 13.1. The first-order chi connectivity index (χ1) is 11.0. The van der Waals surface area contributed by atoms with Crippen molar-refractivity contribution in [2.45, 2.75) is 12.5 Å². The van der Waals surface area contributed by atoms with Gasteiger partial charge in [0.2, 0.25) is 0 Å². The van der Waals surface area contributed by atoms with E-state index in [1.165, 1.54) is 12.1 Å². The van der Waals surface area contributed by atoms with Gasteiger partial charge in [-0.1, -0.05) is 36.4 Å². The number of aliphatic carboxylic acids is 1. The molecule has 23 heavy (non-hydrogen) atoms. The molecule has 0 fully saturated rings. The predicted molar refractivity (Wildman–Crippen MR) is 82.4 cm³/mol. The highest BCUT2D eigenvalue weighted by Gasteiger charge is 2.23. The first kappa shape index (κ1) is 16.2. The third-order valence-corrected chi connectivity index (χ3v) is 3.31. The van der Waals surface area contributed by atoms with Crippen LogP contribution in [0, 0.1) is 0 Å². The van der Waals surface area contributed by atoms with E-state index in [4.69, 9.17) is 5.11 Å². The standard InChI is InChI=1S/C17H15NO5/c19-15(11-6-2-1-3-7-11)18-14(17(22)23)10-12-8-4-5-9-13(12)16(20)21/h1-9,14H,10H2,(H,18,19)(H,20,21)(H,22,23)/t14-/m0/s1. The first-order valence-corrected chi connectivity index (χ1v) is 6.89. The molecule has 1 amide bonds. The summed E-state index contributed by atoms with van der Waals surface area (Å²) >= 11 is 0. The normalized spacial score (nSPS) is 11.5. The number of carboxylic acids is 2. The van der Waals surface area contributed by atoms with Gasteiger partial charge in [0.1, 0.15) is 6.04 Å². The van der Waals surface area contributed by atoms with E-state index in [2.05, 4.69) is 5.32 Å². The first-order valence-electron chi connectivity index (χ1n) is 6.89. The molecule has 118 valence electrons. The van der Waals surface area contributed by atoms with Gasteiger partial charge >= 0.3 is 11.9 Å². The lowest BCUT2D eigenvalue weighted by atomic mass is 10.00. The van der Waals surface area contributed by atoms with Crippen LogP contribution in [0.4, 0.5) is 0 Å². The zero-order valence-electron chi connectivity index (χ0n) is 12.1. The summed E-state index contributed by atoms with van der Waals surface area (Å²) < 4.78 is 0. The molecule has 0 aromatic heterocycles. The molecule has 0 spiro atoms. The van der Waals surface area contributed by atoms with Crippen molar-refractivity contribution in [3.8, 4) is 0 Å². The summed E-state index contributed by atoms with van der Waals surface area (Å²) in [6.07, 6.45) is -0.115. The van der Waals surface area contributed by atoms with Crippen molar-refractivity contribution in [2.24, 2.45) is 0 Å². The molecule has 2 rings (SSSR count). The molecule has 0 aliphatic heterocycles. The lowest BCUT2D eigenvalue weighted by Crippen LogP contribution is -2.42. The zero-order chi connectivity index (χ0) is 16.8. The van der Waals surface area contributed by atoms with E-state index < -0.39 is 23.9 Å². The Bertz CT molecular complexity index is 727. The summed E-state index contributed by atoms with van der Waals surface area (Å²) in [6.45, 7) is 0. The third kappa shape index (κ3) is 4.16. The van der Waals surface area contributed by atoms with Crippen molar-refractivity contribution in [3.05, 3.63) is 71.3 Å². The number of carbonyl (C=O) groups is 3. The van der Waals surface area contributed by atoms with Gasteiger partial charge in [0.15, 0.2) is 0 Å². The molecule has 0 unspecified atom stereocenters. The molecule has 1 atom stereocenters. The van der Waals surface area contributed by atoms with Gasteiger partial charge in [-0.25, -0.2) is 9.59 Å². The Labute approximate surface area is 132 Å². The van der Waals surface area contributed by atoms with Crippen LogP contribution >= 0.6 is 0 Å². The fourth-order valence-electron chi connectivity index (χ4n) is 2.16. The highest BCUT2D eigenvalue weighted by Crippen LogP contribution is 2.12. The molecular formula is C17H15NO5. The van der Waals surface area contributed by atoms with Crippen LogP contribution in [0.5, 0.6) is 0 Å². The van der Waals surface area contributed by atoms with Crippen molar-refractivity contribution in [1.82, 2.24) is 5.32 Å². The largest absolute Gasteiger partial charge is 0.480 e. The van der Waals surface area contributed by atoms with Gasteiger partial charge in [0, 0.05) is 12.0 Å². The van der Waals surface area contributed by atoms with E-state index in [0.29, 0.717) is 11.1 Å². The molecule has 6 nitrogen and oxygen atoms in total. The smallest absolute Gasteiger partial charge is 0.335 e. The van der Waals surface area contributed by atoms with Gasteiger partial charge < -0.3 is 15.5 Å². The third-order valence-electron chi connectivity index (χ3n) is 3.31. The molecule has 0 heterocycles. The van der Waals surface area contributed by atoms with Crippen LogP contribution in [-0.2, 0) is 11.2 Å². The van der Waals surface area contributed by atoms with Crippen LogP contribution < -0.4 is 5.32 Å². The number of rotatable bonds is 6. The van der Waals surface area contributed by atoms with Crippen LogP contribution in [0.3, 0.4) is 0 Å². The average molecular weight is 313 g/mol. The number of benzene rings is 2. The molecule has 2 aromatic rings. The topological polar surface area (TPSA) is 104 Å². The van der Waals surface area contributed by atoms with Gasteiger partial charge in [-0.05, 0) is 23.8 Å². The molecule has 0 bridgehead atoms. The van der Waals surface area contributed by atoms with Gasteiger partial charge in [-0.15, -0.1) is 0 Å². The summed E-state index contributed by atoms with van der Waals surface area (Å²) in [5.41, 5.74) is 0.707. The molecular weight excluding hydrogens is 298 g/mol. The lowest BCUT2D eigenvalue weighted by Gasteiger charge is -2.16. The second kappa shape index (κ2) is 7.22. The van der Waals surface area contributed by atoms with Gasteiger partial charge in [0.05, 0.1) is 5.56 Å². The van der Waals surface area contributed by atoms with Gasteiger partial charge in [0.25, 0.3) is 5.91 Å². The highest BCUT2D eigenvalue weighted by atomic mass is 16.4. The maximum Gasteiger partial charge on any atom is 0.335 e. The quantitative estimate of drug-likeness (QED) is 0.754. The minimum absolute atomic E-state index is 0.0210. The molecule has 0 saturated heterocycles. The maximum absolute atomic E-state index is 12.1. The predicted octanol–water partition coefficient (Wildman–Crippen LogP) is 1.81. The van der Waals surface area contributed by atoms with E-state index in [9.17, 15) is 19.5 Å². The number of hydrogen-bond donors (Lipinski definition) is 3. The molecule has 2 aromatic carbocycles. The number of nitrogens with one attached hydrogen (secondary N) is 1. The van der Waals surface area contributed by atoms with E-state index in [0.717, 1.165) is 0 Å². The maximum atomic E-state index is 12.1. The fraction of sp³-hybridized carbons (Fsp3) is 0.118. The van der Waals surface area contributed by atoms with Crippen molar-refractivity contribution >= 4 is 17.8 Å². The number of aromatic carboxylic acids is 1. The molecule has 0 aliphatic carbocycles. The number of carbonyl (C=O) groups excluding carboxylic acids is 1. The Balaban J connectivity index is 2.19. The Hall–Kier alpha value is -3.15. The molecule has 3 N–H and O–H groups in total. The van der Waals surface area contributed by atoms with Crippen molar-refractivity contribution < 1.29 is 24.6 Å². The Morgan fingerprint density at radius 3 is 2.13 bits per heavy atom. The number of hydrogen-bond acceptors (Lipinski definition) is 3. The number of carboxylic acid groups (broad SMARTS) is 2. The van der Waals surface area contributed by atoms with Gasteiger partial charge in [-0.2, -0.15) is 0 Å². The van der Waals surface area contributed by atoms with Crippen LogP contribution in [0.15, 0.2) is 54.6 Å². The second-order valence-electron chi connectivity index (χ2n) is 4.90. The highest BCUT2D eigenvalue weighted by molar-refractivity contribution is 5.96. The minimum atomic E-state index is -1.23. The Kier molecular flexibility index (Phi) is 5.09. The van der Waals surface area contributed by atoms with Gasteiger partial charge in [-0.3, -0.25) is 4.79 Å². The van der Waals surface area contributed by atoms with E-state index in [1.54, 1.807) is 42.5 Å². The lowest BCUT2D eigenvalue weighted by molar-refractivity contribution is -0.139. The summed E-state index contributed by atoms with van der Waals surface area (Å²) in [7, 11) is 0. The molecule has 0 aliphatic rings. The van der Waals surface area contributed by atoms with Crippen LogP contribution in [0.2, 0.25) is 0 Å². The Morgan fingerprint density at radius 1 is 0.913 bits per heavy atom. The summed E-state index contributed by atoms with van der Waals surface area (Å²) in [5.74, 6) is -2.89. The zero-order valence-corrected chi connectivity index (χ0v) is 12.1. The minimum Gasteiger partial charge on any atom is -0.480 e. The molecule has 0 radical (unpaired) electrons. The van der Waals surface area contributed by atoms with E-state index in [-0.39, 0.29) is 12.0 Å². The van der Waals surface area contributed by atoms with E-state index in [1.807, 2.05) is 0 Å².